The van der Waals surface area contributed by atoms with E-state index in [1.165, 1.54) is 11.3 Å². The molecule has 1 fully saturated rings. The van der Waals surface area contributed by atoms with Crippen molar-refractivity contribution in [2.45, 2.75) is 26.2 Å². The van der Waals surface area contributed by atoms with Crippen LogP contribution in [-0.4, -0.2) is 37.7 Å². The number of anilines is 2. The molecule has 20 heavy (non-hydrogen) atoms. The summed E-state index contributed by atoms with van der Waals surface area (Å²) in [5.41, 5.74) is 6.02. The van der Waals surface area contributed by atoms with Gasteiger partial charge in [-0.25, -0.2) is 4.98 Å². The van der Waals surface area contributed by atoms with E-state index in [0.717, 1.165) is 32.4 Å². The van der Waals surface area contributed by atoms with Crippen molar-refractivity contribution in [3.8, 4) is 0 Å². The second kappa shape index (κ2) is 6.41. The first kappa shape index (κ1) is 15.1. The van der Waals surface area contributed by atoms with E-state index in [-0.39, 0.29) is 11.3 Å². The van der Waals surface area contributed by atoms with Gasteiger partial charge in [-0.05, 0) is 31.6 Å². The van der Waals surface area contributed by atoms with Gasteiger partial charge in [0.05, 0.1) is 0 Å². The van der Waals surface area contributed by atoms with Gasteiger partial charge in [0.2, 0.25) is 0 Å². The van der Waals surface area contributed by atoms with Crippen molar-refractivity contribution in [3.05, 3.63) is 4.88 Å². The molecule has 0 bridgehead atoms. The van der Waals surface area contributed by atoms with Crippen LogP contribution in [0.4, 0.5) is 10.9 Å². The van der Waals surface area contributed by atoms with E-state index in [1.807, 2.05) is 6.92 Å². The van der Waals surface area contributed by atoms with Crippen molar-refractivity contribution in [1.29, 1.82) is 0 Å². The van der Waals surface area contributed by atoms with Crippen LogP contribution in [0.5, 0.6) is 0 Å². The lowest BCUT2D eigenvalue weighted by atomic mass is 10.0. The summed E-state index contributed by atoms with van der Waals surface area (Å²) in [5.74, 6) is 0.165. The smallest absolute Gasteiger partial charge is 0.265 e. The molecule has 1 heterocycles. The standard InChI is InChI=1S/C13H22N4O2S/c1-3-15-12-17-10(14)9(20-12)11(18)16-8-13(4-5-13)6-7-19-2/h3-8,14H2,1-2H3,(H,15,17)(H,16,18). The SMILES string of the molecule is CCNc1nc(N)c(C(=O)NCC2(CCOC)CC2)s1. The van der Waals surface area contributed by atoms with Crippen molar-refractivity contribution >= 4 is 28.2 Å². The summed E-state index contributed by atoms with van der Waals surface area (Å²) in [6.45, 7) is 4.16. The number of hydrogen-bond donors (Lipinski definition) is 3. The maximum absolute atomic E-state index is 12.2. The van der Waals surface area contributed by atoms with Gasteiger partial charge in [-0.1, -0.05) is 11.3 Å². The summed E-state index contributed by atoms with van der Waals surface area (Å²) in [4.78, 5) is 16.8. The van der Waals surface area contributed by atoms with Crippen molar-refractivity contribution < 1.29 is 9.53 Å². The first-order chi connectivity index (χ1) is 9.60. The fourth-order valence-electron chi connectivity index (χ4n) is 2.08. The van der Waals surface area contributed by atoms with E-state index in [0.29, 0.717) is 22.4 Å². The number of nitrogens with one attached hydrogen (secondary N) is 2. The molecule has 2 rings (SSSR count). The highest BCUT2D eigenvalue weighted by Gasteiger charge is 2.42. The van der Waals surface area contributed by atoms with Crippen LogP contribution in [0.2, 0.25) is 0 Å². The molecule has 0 aromatic carbocycles. The van der Waals surface area contributed by atoms with E-state index in [1.54, 1.807) is 7.11 Å². The summed E-state index contributed by atoms with van der Waals surface area (Å²) >= 11 is 1.30. The zero-order valence-corrected chi connectivity index (χ0v) is 12.8. The lowest BCUT2D eigenvalue weighted by molar-refractivity contribution is 0.0942. The predicted molar refractivity (Wildman–Crippen MR) is 81.2 cm³/mol. The summed E-state index contributed by atoms with van der Waals surface area (Å²) in [5, 5.41) is 6.73. The number of rotatable bonds is 8. The summed E-state index contributed by atoms with van der Waals surface area (Å²) in [6, 6.07) is 0. The highest BCUT2D eigenvalue weighted by atomic mass is 32.1. The van der Waals surface area contributed by atoms with Gasteiger partial charge in [-0.2, -0.15) is 0 Å². The summed E-state index contributed by atoms with van der Waals surface area (Å²) in [6.07, 6.45) is 3.29. The number of ether oxygens (including phenoxy) is 1. The van der Waals surface area contributed by atoms with Crippen LogP contribution >= 0.6 is 11.3 Å². The number of nitrogen functional groups attached to an aromatic ring is 1. The Balaban J connectivity index is 1.88. The zero-order valence-electron chi connectivity index (χ0n) is 12.0. The number of carbonyl (C=O) groups is 1. The van der Waals surface area contributed by atoms with Crippen LogP contribution in [0.3, 0.4) is 0 Å². The molecule has 112 valence electrons. The Morgan fingerprint density at radius 1 is 1.55 bits per heavy atom. The van der Waals surface area contributed by atoms with Gasteiger partial charge in [0.15, 0.2) is 5.13 Å². The second-order valence-electron chi connectivity index (χ2n) is 5.19. The summed E-state index contributed by atoms with van der Waals surface area (Å²) < 4.78 is 5.11. The first-order valence-corrected chi connectivity index (χ1v) is 7.69. The molecule has 1 aromatic heterocycles. The molecule has 0 radical (unpaired) electrons. The second-order valence-corrected chi connectivity index (χ2v) is 6.19. The molecule has 0 saturated heterocycles. The molecule has 0 atom stereocenters. The van der Waals surface area contributed by atoms with Gasteiger partial charge in [-0.3, -0.25) is 4.79 Å². The van der Waals surface area contributed by atoms with Gasteiger partial charge < -0.3 is 21.1 Å². The van der Waals surface area contributed by atoms with Crippen LogP contribution in [0.25, 0.3) is 0 Å². The fraction of sp³-hybridized carbons (Fsp3) is 0.692. The molecule has 6 nitrogen and oxygen atoms in total. The number of amides is 1. The number of methoxy groups -OCH3 is 1. The average Bonchev–Trinajstić information content (AvgIpc) is 3.11. The van der Waals surface area contributed by atoms with Crippen molar-refractivity contribution in [2.24, 2.45) is 5.41 Å². The number of nitrogens with two attached hydrogens (primary N) is 1. The molecule has 0 spiro atoms. The third-order valence-corrected chi connectivity index (χ3v) is 4.63. The average molecular weight is 298 g/mol. The first-order valence-electron chi connectivity index (χ1n) is 6.87. The summed E-state index contributed by atoms with van der Waals surface area (Å²) in [7, 11) is 1.70. The number of aromatic nitrogens is 1. The van der Waals surface area contributed by atoms with E-state index in [9.17, 15) is 4.79 Å². The molecule has 1 amide bonds. The largest absolute Gasteiger partial charge is 0.385 e. The topological polar surface area (TPSA) is 89.3 Å². The van der Waals surface area contributed by atoms with Gasteiger partial charge in [0.1, 0.15) is 10.7 Å². The van der Waals surface area contributed by atoms with Crippen LogP contribution in [0.15, 0.2) is 0 Å². The van der Waals surface area contributed by atoms with Gasteiger partial charge in [0.25, 0.3) is 5.91 Å². The quantitative estimate of drug-likeness (QED) is 0.680. The molecular formula is C13H22N4O2S. The lowest BCUT2D eigenvalue weighted by Crippen LogP contribution is -2.30. The maximum Gasteiger partial charge on any atom is 0.265 e. The number of nitrogens with zero attached hydrogens (tertiary/aromatic N) is 1. The molecule has 1 aromatic rings. The van der Waals surface area contributed by atoms with E-state index in [2.05, 4.69) is 15.6 Å². The Morgan fingerprint density at radius 3 is 2.90 bits per heavy atom. The number of thiazole rings is 1. The van der Waals surface area contributed by atoms with Crippen LogP contribution in [0.1, 0.15) is 35.9 Å². The Kier molecular flexibility index (Phi) is 4.82. The third-order valence-electron chi connectivity index (χ3n) is 3.61. The Bertz CT molecular complexity index is 471. The normalized spacial score (nSPS) is 15.9. The monoisotopic (exact) mass is 298 g/mol. The van der Waals surface area contributed by atoms with Crippen molar-refractivity contribution in [2.75, 3.05) is 37.9 Å². The Morgan fingerprint density at radius 2 is 2.30 bits per heavy atom. The van der Waals surface area contributed by atoms with E-state index in [4.69, 9.17) is 10.5 Å². The molecule has 4 N–H and O–H groups in total. The number of hydrogen-bond acceptors (Lipinski definition) is 6. The van der Waals surface area contributed by atoms with Crippen molar-refractivity contribution in [1.82, 2.24) is 10.3 Å². The molecule has 1 aliphatic rings. The molecule has 1 saturated carbocycles. The Labute approximate surface area is 123 Å². The lowest BCUT2D eigenvalue weighted by Gasteiger charge is -2.15. The molecular weight excluding hydrogens is 276 g/mol. The minimum atomic E-state index is -0.132. The predicted octanol–water partition coefficient (Wildman–Crippen LogP) is 1.70. The van der Waals surface area contributed by atoms with Crippen molar-refractivity contribution in [3.63, 3.8) is 0 Å². The van der Waals surface area contributed by atoms with Gasteiger partial charge in [0, 0.05) is 26.8 Å². The van der Waals surface area contributed by atoms with E-state index < -0.39 is 0 Å². The minimum Gasteiger partial charge on any atom is -0.385 e. The van der Waals surface area contributed by atoms with Crippen LogP contribution in [0, 0.1) is 5.41 Å². The molecule has 0 unspecified atom stereocenters. The highest BCUT2D eigenvalue weighted by molar-refractivity contribution is 7.18. The third kappa shape index (κ3) is 3.61. The minimum absolute atomic E-state index is 0.132. The zero-order chi connectivity index (χ0) is 14.6. The molecule has 0 aliphatic heterocycles. The van der Waals surface area contributed by atoms with Crippen LogP contribution < -0.4 is 16.4 Å². The Hall–Kier alpha value is -1.34. The highest BCUT2D eigenvalue weighted by Crippen LogP contribution is 2.48. The number of carbonyl (C=O) groups excluding carboxylic acids is 1. The maximum atomic E-state index is 12.2. The molecule has 1 aliphatic carbocycles. The van der Waals surface area contributed by atoms with Gasteiger partial charge in [-0.15, -0.1) is 0 Å². The van der Waals surface area contributed by atoms with E-state index >= 15 is 0 Å². The fourth-order valence-corrected chi connectivity index (χ4v) is 2.95. The molecule has 7 heteroatoms. The van der Waals surface area contributed by atoms with Crippen LogP contribution in [-0.2, 0) is 4.74 Å². The van der Waals surface area contributed by atoms with Gasteiger partial charge >= 0.3 is 0 Å².